The number of nitrogens with zero attached hydrogens (tertiary/aromatic N) is 1. The SMILES string of the molecule is CC(C)C[C@H](NC(=O)[C@H](CCCCN)NC(=O)[C@H](Cc1ccc(O)cc1)NC(=O)[C@H](CC(=O)O)NC(=O)[C@H](CCCCN)NC(=O)[C@H](CC(C)C)NC(=O)[C@@H](N)Cc1cnc[nH]1)C(=O)N[C@H](C(=O)N[C@@H](CCCCN)C(=O)O)C(C)C. The number of carboxylic acids is 2. The van der Waals surface area contributed by atoms with Gasteiger partial charge in [0.2, 0.25) is 47.3 Å². The van der Waals surface area contributed by atoms with Gasteiger partial charge in [-0.3, -0.25) is 43.2 Å². The molecule has 20 N–H and O–H groups in total. The van der Waals surface area contributed by atoms with Crippen LogP contribution in [0, 0.1) is 17.8 Å². The Kier molecular flexibility index (Phi) is 31.8. The van der Waals surface area contributed by atoms with Gasteiger partial charge in [-0.1, -0.05) is 53.7 Å². The Balaban J connectivity index is 2.50. The number of carbonyl (C=O) groups is 10. The minimum absolute atomic E-state index is 0.0168. The van der Waals surface area contributed by atoms with Crippen LogP contribution in [0.25, 0.3) is 0 Å². The average Bonchev–Trinajstić information content (AvgIpc) is 3.93. The lowest BCUT2D eigenvalue weighted by Crippen LogP contribution is -2.61. The number of unbranched alkanes of at least 4 members (excludes halogenated alkanes) is 3. The maximum atomic E-state index is 14.5. The number of nitrogens with two attached hydrogens (primary N) is 4. The average molecular weight is 1140 g/mol. The first-order chi connectivity index (χ1) is 38.3. The summed E-state index contributed by atoms with van der Waals surface area (Å²) in [6.45, 7) is 11.3. The van der Waals surface area contributed by atoms with Crippen LogP contribution >= 0.6 is 0 Å². The van der Waals surface area contributed by atoms with Gasteiger partial charge in [-0.15, -0.1) is 0 Å². The van der Waals surface area contributed by atoms with Gasteiger partial charge >= 0.3 is 11.9 Å². The van der Waals surface area contributed by atoms with Gasteiger partial charge < -0.3 is 85.8 Å². The smallest absolute Gasteiger partial charge is 0.326 e. The van der Waals surface area contributed by atoms with Crippen LogP contribution in [0.15, 0.2) is 36.8 Å². The zero-order valence-electron chi connectivity index (χ0n) is 47.6. The van der Waals surface area contributed by atoms with Gasteiger partial charge in [0.25, 0.3) is 0 Å². The van der Waals surface area contributed by atoms with Crippen LogP contribution in [0.4, 0.5) is 0 Å². The van der Waals surface area contributed by atoms with E-state index in [9.17, 15) is 63.3 Å². The van der Waals surface area contributed by atoms with Gasteiger partial charge in [0.15, 0.2) is 0 Å². The van der Waals surface area contributed by atoms with Crippen molar-refractivity contribution in [1.82, 2.24) is 52.5 Å². The largest absolute Gasteiger partial charge is 0.508 e. The zero-order valence-corrected chi connectivity index (χ0v) is 47.6. The number of carbonyl (C=O) groups excluding carboxylic acids is 8. The van der Waals surface area contributed by atoms with Crippen LogP contribution in [-0.4, -0.2) is 158 Å². The van der Waals surface area contributed by atoms with E-state index >= 15 is 0 Å². The maximum absolute atomic E-state index is 14.5. The van der Waals surface area contributed by atoms with E-state index < -0.39 is 126 Å². The second-order valence-electron chi connectivity index (χ2n) is 21.5. The molecule has 1 aromatic heterocycles. The number of benzene rings is 1. The lowest BCUT2D eigenvalue weighted by Gasteiger charge is -2.29. The molecule has 2 aromatic rings. The summed E-state index contributed by atoms with van der Waals surface area (Å²) >= 11 is 0. The third-order valence-electron chi connectivity index (χ3n) is 13.0. The molecule has 2 rings (SSSR count). The number of nitrogens with one attached hydrogen (secondary N) is 9. The number of imidazole rings is 1. The number of aromatic amines is 1. The minimum Gasteiger partial charge on any atom is -0.508 e. The predicted octanol–water partition coefficient (Wildman–Crippen LogP) is -1.20. The van der Waals surface area contributed by atoms with Crippen molar-refractivity contribution in [3.63, 3.8) is 0 Å². The Morgan fingerprint density at radius 2 is 0.914 bits per heavy atom. The highest BCUT2D eigenvalue weighted by molar-refractivity contribution is 5.99. The molecular weight excluding hydrogens is 1050 g/mol. The number of aromatic hydroxyl groups is 1. The molecule has 0 aliphatic rings. The van der Waals surface area contributed by atoms with Crippen molar-refractivity contribution < 1.29 is 63.3 Å². The summed E-state index contributed by atoms with van der Waals surface area (Å²) in [4.78, 5) is 143. The minimum atomic E-state index is -1.85. The number of aromatic nitrogens is 2. The van der Waals surface area contributed by atoms with Crippen molar-refractivity contribution >= 4 is 59.2 Å². The molecule has 27 heteroatoms. The fraction of sp³-hybridized carbons (Fsp3) is 0.648. The van der Waals surface area contributed by atoms with Crippen LogP contribution < -0.4 is 65.5 Å². The molecule has 0 radical (unpaired) electrons. The van der Waals surface area contributed by atoms with E-state index in [0.29, 0.717) is 56.3 Å². The molecule has 0 unspecified atom stereocenters. The number of hydrogen-bond acceptors (Lipinski definition) is 16. The number of H-pyrrole nitrogens is 1. The molecular formula is C54H90N14O13. The monoisotopic (exact) mass is 1140 g/mol. The standard InChI is InChI=1S/C54H90N14O13/c1-30(2)23-40(64-46(72)36(58)26-34-28-59-29-60-34)49(75)61-38(14-8-11-21-56)48(74)67-43(27-44(70)71)51(77)66-42(25-33-16-18-35(69)19-17-33)50(76)62-37(13-7-10-20-55)47(73)65-41(24-31(3)4)52(78)68-45(32(5)6)53(79)63-39(54(80)81)15-9-12-22-57/h16-19,28-32,36-43,45,69H,7-15,20-27,55-58H2,1-6H3,(H,59,60)(H,61,75)(H,62,76)(H,63,79)(H,64,72)(H,65,73)(H,66,77)(H,67,74)(H,68,78)(H,70,71)(H,80,81)/t36-,37-,38-,39-,40-,41-,42-,43-,45-/m0/s1. The van der Waals surface area contributed by atoms with E-state index in [1.54, 1.807) is 27.7 Å². The van der Waals surface area contributed by atoms with Crippen molar-refractivity contribution in [2.45, 2.75) is 186 Å². The normalized spacial score (nSPS) is 14.7. The maximum Gasteiger partial charge on any atom is 0.326 e. The summed E-state index contributed by atoms with van der Waals surface area (Å²) < 4.78 is 0. The Hall–Kier alpha value is -7.23. The predicted molar refractivity (Wildman–Crippen MR) is 300 cm³/mol. The van der Waals surface area contributed by atoms with Gasteiger partial charge in [-0.2, -0.15) is 0 Å². The molecule has 0 fully saturated rings. The summed E-state index contributed by atoms with van der Waals surface area (Å²) in [5.74, 6) is -10.6. The number of amides is 8. The zero-order chi connectivity index (χ0) is 60.8. The van der Waals surface area contributed by atoms with Crippen LogP contribution in [0.5, 0.6) is 5.75 Å². The Bertz CT molecular complexity index is 2320. The number of carboxylic acid groups (broad SMARTS) is 2. The van der Waals surface area contributed by atoms with E-state index in [-0.39, 0.29) is 75.6 Å². The van der Waals surface area contributed by atoms with E-state index in [0.717, 1.165) is 0 Å². The third-order valence-corrected chi connectivity index (χ3v) is 13.0. The Morgan fingerprint density at radius 3 is 1.36 bits per heavy atom. The molecule has 9 atom stereocenters. The van der Waals surface area contributed by atoms with E-state index in [2.05, 4.69) is 52.5 Å². The highest BCUT2D eigenvalue weighted by Crippen LogP contribution is 2.15. The highest BCUT2D eigenvalue weighted by atomic mass is 16.4. The number of phenolic OH excluding ortho intramolecular Hbond substituents is 1. The molecule has 8 amide bonds. The van der Waals surface area contributed by atoms with Gasteiger partial charge in [-0.25, -0.2) is 9.78 Å². The fourth-order valence-corrected chi connectivity index (χ4v) is 8.56. The topological polar surface area (TPSA) is 460 Å². The molecule has 0 saturated heterocycles. The number of hydrogen-bond donors (Lipinski definition) is 16. The quantitative estimate of drug-likeness (QED) is 0.0349. The van der Waals surface area contributed by atoms with Crippen molar-refractivity contribution in [2.24, 2.45) is 40.7 Å². The van der Waals surface area contributed by atoms with Gasteiger partial charge in [0.1, 0.15) is 54.1 Å². The van der Waals surface area contributed by atoms with Gasteiger partial charge in [0.05, 0.1) is 18.8 Å². The number of aliphatic carboxylic acids is 2. The molecule has 27 nitrogen and oxygen atoms in total. The van der Waals surface area contributed by atoms with Crippen molar-refractivity contribution in [3.05, 3.63) is 48.0 Å². The van der Waals surface area contributed by atoms with E-state index in [1.807, 2.05) is 13.8 Å². The summed E-state index contributed by atoms with van der Waals surface area (Å²) in [5.41, 5.74) is 24.2. The second-order valence-corrected chi connectivity index (χ2v) is 21.5. The molecule has 0 aliphatic carbocycles. The molecule has 0 aliphatic heterocycles. The highest BCUT2D eigenvalue weighted by Gasteiger charge is 2.36. The van der Waals surface area contributed by atoms with Crippen LogP contribution in [0.3, 0.4) is 0 Å². The number of rotatable bonds is 40. The Labute approximate surface area is 473 Å². The van der Waals surface area contributed by atoms with Gasteiger partial charge in [-0.05, 0) is 126 Å². The molecule has 0 saturated carbocycles. The van der Waals surface area contributed by atoms with Crippen molar-refractivity contribution in [2.75, 3.05) is 19.6 Å². The van der Waals surface area contributed by atoms with Crippen LogP contribution in [0.2, 0.25) is 0 Å². The molecule has 0 bridgehead atoms. The lowest BCUT2D eigenvalue weighted by molar-refractivity contribution is -0.143. The van der Waals surface area contributed by atoms with E-state index in [4.69, 9.17) is 22.9 Å². The molecule has 81 heavy (non-hydrogen) atoms. The molecule has 0 spiro atoms. The van der Waals surface area contributed by atoms with Crippen molar-refractivity contribution in [1.29, 1.82) is 0 Å². The first kappa shape index (κ1) is 69.9. The fourth-order valence-electron chi connectivity index (χ4n) is 8.56. The summed E-state index contributed by atoms with van der Waals surface area (Å²) in [6, 6.07) is -6.57. The summed E-state index contributed by atoms with van der Waals surface area (Å²) in [7, 11) is 0. The van der Waals surface area contributed by atoms with Gasteiger partial charge in [0, 0.05) is 24.7 Å². The first-order valence-corrected chi connectivity index (χ1v) is 27.8. The molecule has 454 valence electrons. The van der Waals surface area contributed by atoms with Crippen molar-refractivity contribution in [3.8, 4) is 5.75 Å². The van der Waals surface area contributed by atoms with Crippen LogP contribution in [0.1, 0.15) is 130 Å². The Morgan fingerprint density at radius 1 is 0.506 bits per heavy atom. The second kappa shape index (κ2) is 36.9. The lowest BCUT2D eigenvalue weighted by atomic mass is 9.98. The first-order valence-electron chi connectivity index (χ1n) is 27.8. The van der Waals surface area contributed by atoms with Crippen LogP contribution in [-0.2, 0) is 60.8 Å². The summed E-state index contributed by atoms with van der Waals surface area (Å²) in [6.07, 6.45) is 4.40. The molecule has 1 heterocycles. The summed E-state index contributed by atoms with van der Waals surface area (Å²) in [5, 5.41) is 50.6. The van der Waals surface area contributed by atoms with E-state index in [1.165, 1.54) is 36.8 Å². The third kappa shape index (κ3) is 26.7. The molecule has 1 aromatic carbocycles. The number of phenols is 1.